The number of allylic oxidation sites excluding steroid dienone is 1. The van der Waals surface area contributed by atoms with Gasteiger partial charge in [0, 0.05) is 0 Å². The van der Waals surface area contributed by atoms with Crippen molar-refractivity contribution in [2.24, 2.45) is 5.10 Å². The summed E-state index contributed by atoms with van der Waals surface area (Å²) in [5, 5.41) is 13.9. The zero-order valence-electron chi connectivity index (χ0n) is 9.12. The zero-order chi connectivity index (χ0) is 12.4. The third-order valence-corrected chi connectivity index (χ3v) is 2.37. The van der Waals surface area contributed by atoms with Gasteiger partial charge < -0.3 is 5.11 Å². The predicted octanol–water partition coefficient (Wildman–Crippen LogP) is 1.42. The van der Waals surface area contributed by atoms with Gasteiger partial charge >= 0.3 is 5.97 Å². The van der Waals surface area contributed by atoms with Gasteiger partial charge in [-0.25, -0.2) is 4.79 Å². The van der Waals surface area contributed by atoms with Crippen LogP contribution in [0.4, 0.5) is 5.69 Å². The SMILES string of the molecule is C/C=C1\C(=O)N(c2ccccc2)N=C1C(=O)O. The molecular formula is C12H10N2O3. The molecule has 1 aromatic carbocycles. The number of carbonyl (C=O) groups is 2. The molecule has 1 aromatic rings. The molecule has 0 atom stereocenters. The Bertz CT molecular complexity index is 532. The van der Waals surface area contributed by atoms with Crippen molar-refractivity contribution in [1.29, 1.82) is 0 Å². The van der Waals surface area contributed by atoms with E-state index in [0.29, 0.717) is 5.69 Å². The highest BCUT2D eigenvalue weighted by Crippen LogP contribution is 2.23. The van der Waals surface area contributed by atoms with Gasteiger partial charge in [0.15, 0.2) is 5.71 Å². The molecule has 0 unspecified atom stereocenters. The topological polar surface area (TPSA) is 70.0 Å². The van der Waals surface area contributed by atoms with Gasteiger partial charge in [-0.3, -0.25) is 4.79 Å². The summed E-state index contributed by atoms with van der Waals surface area (Å²) in [4.78, 5) is 22.9. The largest absolute Gasteiger partial charge is 0.476 e. The van der Waals surface area contributed by atoms with Crippen molar-refractivity contribution in [2.75, 3.05) is 5.01 Å². The first kappa shape index (κ1) is 11.1. The third kappa shape index (κ3) is 1.82. The number of benzene rings is 1. The van der Waals surface area contributed by atoms with Crippen molar-refractivity contribution < 1.29 is 14.7 Å². The van der Waals surface area contributed by atoms with Crippen LogP contribution in [-0.4, -0.2) is 22.7 Å². The molecule has 17 heavy (non-hydrogen) atoms. The zero-order valence-corrected chi connectivity index (χ0v) is 9.12. The molecule has 1 N–H and O–H groups in total. The fourth-order valence-electron chi connectivity index (χ4n) is 1.58. The number of aliphatic carboxylic acids is 1. The lowest BCUT2D eigenvalue weighted by atomic mass is 10.1. The standard InChI is InChI=1S/C12H10N2O3/c1-2-9-10(12(16)17)13-14(11(9)15)8-6-4-3-5-7-8/h2-7H,1H3,(H,16,17)/b9-2-. The molecule has 1 aliphatic heterocycles. The van der Waals surface area contributed by atoms with Crippen molar-refractivity contribution in [3.05, 3.63) is 42.0 Å². The van der Waals surface area contributed by atoms with Gasteiger partial charge in [0.2, 0.25) is 0 Å². The van der Waals surface area contributed by atoms with E-state index >= 15 is 0 Å². The molecule has 5 heteroatoms. The highest BCUT2D eigenvalue weighted by atomic mass is 16.4. The summed E-state index contributed by atoms with van der Waals surface area (Å²) in [6.07, 6.45) is 1.46. The van der Waals surface area contributed by atoms with Crippen molar-refractivity contribution in [3.63, 3.8) is 0 Å². The molecule has 5 nitrogen and oxygen atoms in total. The molecule has 0 radical (unpaired) electrons. The first-order chi connectivity index (χ1) is 8.15. The normalized spacial score (nSPS) is 17.5. The minimum atomic E-state index is -1.20. The number of amides is 1. The number of carbonyl (C=O) groups excluding carboxylic acids is 1. The van der Waals surface area contributed by atoms with E-state index in [2.05, 4.69) is 5.10 Å². The van der Waals surface area contributed by atoms with Crippen LogP contribution < -0.4 is 5.01 Å². The van der Waals surface area contributed by atoms with Crippen molar-refractivity contribution in [2.45, 2.75) is 6.92 Å². The number of nitrogens with zero attached hydrogens (tertiary/aromatic N) is 2. The molecule has 0 bridgehead atoms. The second-order valence-electron chi connectivity index (χ2n) is 3.41. The molecule has 0 saturated heterocycles. The van der Waals surface area contributed by atoms with Crippen LogP contribution in [0.5, 0.6) is 0 Å². The Hall–Kier alpha value is -2.43. The summed E-state index contributed by atoms with van der Waals surface area (Å²) in [5.41, 5.74) is 0.441. The van der Waals surface area contributed by atoms with Gasteiger partial charge in [-0.15, -0.1) is 0 Å². The Kier molecular flexibility index (Phi) is 2.74. The molecule has 0 saturated carbocycles. The summed E-state index contributed by atoms with van der Waals surface area (Å²) in [7, 11) is 0. The van der Waals surface area contributed by atoms with Crippen LogP contribution >= 0.6 is 0 Å². The van der Waals surface area contributed by atoms with Crippen LogP contribution in [0, 0.1) is 0 Å². The first-order valence-corrected chi connectivity index (χ1v) is 5.03. The smallest absolute Gasteiger partial charge is 0.357 e. The van der Waals surface area contributed by atoms with Gasteiger partial charge in [-0.1, -0.05) is 24.3 Å². The number of rotatable bonds is 2. The van der Waals surface area contributed by atoms with Crippen LogP contribution in [0.1, 0.15) is 6.92 Å². The van der Waals surface area contributed by atoms with E-state index in [1.807, 2.05) is 6.07 Å². The van der Waals surface area contributed by atoms with Crippen molar-refractivity contribution >= 4 is 23.3 Å². The Labute approximate surface area is 97.7 Å². The van der Waals surface area contributed by atoms with E-state index in [1.165, 1.54) is 6.08 Å². The number of carboxylic acids is 1. The van der Waals surface area contributed by atoms with Crippen molar-refractivity contribution in [1.82, 2.24) is 0 Å². The Morgan fingerprint density at radius 1 is 1.35 bits per heavy atom. The summed E-state index contributed by atoms with van der Waals surface area (Å²) in [5.74, 6) is -1.62. The number of para-hydroxylation sites is 1. The van der Waals surface area contributed by atoms with Gasteiger partial charge in [0.1, 0.15) is 0 Å². The number of carboxylic acid groups (broad SMARTS) is 1. The van der Waals surface area contributed by atoms with Gasteiger partial charge in [-0.2, -0.15) is 10.1 Å². The van der Waals surface area contributed by atoms with Crippen LogP contribution in [0.3, 0.4) is 0 Å². The average molecular weight is 230 g/mol. The van der Waals surface area contributed by atoms with Gasteiger partial charge in [0.25, 0.3) is 5.91 Å². The fourth-order valence-corrected chi connectivity index (χ4v) is 1.58. The molecule has 0 aromatic heterocycles. The van der Waals surface area contributed by atoms with Crippen LogP contribution in [0.25, 0.3) is 0 Å². The summed E-state index contributed by atoms with van der Waals surface area (Å²) < 4.78 is 0. The lowest BCUT2D eigenvalue weighted by molar-refractivity contribution is -0.129. The Balaban J connectivity index is 2.46. The molecule has 1 amide bonds. The summed E-state index contributed by atoms with van der Waals surface area (Å²) in [6.45, 7) is 1.61. The van der Waals surface area contributed by atoms with Gasteiger partial charge in [-0.05, 0) is 19.1 Å². The van der Waals surface area contributed by atoms with E-state index in [0.717, 1.165) is 5.01 Å². The van der Waals surface area contributed by atoms with E-state index < -0.39 is 11.9 Å². The van der Waals surface area contributed by atoms with Gasteiger partial charge in [0.05, 0.1) is 11.3 Å². The summed E-state index contributed by atoms with van der Waals surface area (Å²) in [6, 6.07) is 8.71. The molecule has 2 rings (SSSR count). The second kappa shape index (κ2) is 4.21. The minimum Gasteiger partial charge on any atom is -0.476 e. The second-order valence-corrected chi connectivity index (χ2v) is 3.41. The molecule has 1 aliphatic rings. The Morgan fingerprint density at radius 2 is 2.00 bits per heavy atom. The predicted molar refractivity (Wildman–Crippen MR) is 62.8 cm³/mol. The van der Waals surface area contributed by atoms with E-state index in [1.54, 1.807) is 31.2 Å². The number of hydrazone groups is 1. The average Bonchev–Trinajstić information content (AvgIpc) is 2.67. The maximum atomic E-state index is 11.9. The lowest BCUT2D eigenvalue weighted by Gasteiger charge is -2.10. The molecule has 1 heterocycles. The van der Waals surface area contributed by atoms with Crippen LogP contribution in [0.15, 0.2) is 47.1 Å². The molecule has 0 aliphatic carbocycles. The quantitative estimate of drug-likeness (QED) is 0.781. The minimum absolute atomic E-state index is 0.112. The number of hydrogen-bond acceptors (Lipinski definition) is 3. The van der Waals surface area contributed by atoms with Crippen LogP contribution in [-0.2, 0) is 9.59 Å². The first-order valence-electron chi connectivity index (χ1n) is 5.03. The molecule has 0 spiro atoms. The number of hydrogen-bond donors (Lipinski definition) is 1. The van der Waals surface area contributed by atoms with Crippen molar-refractivity contribution in [3.8, 4) is 0 Å². The number of anilines is 1. The fraction of sp³-hybridized carbons (Fsp3) is 0.0833. The molecule has 0 fully saturated rings. The van der Waals surface area contributed by atoms with E-state index in [4.69, 9.17) is 5.11 Å². The highest BCUT2D eigenvalue weighted by Gasteiger charge is 2.34. The maximum absolute atomic E-state index is 11.9. The summed E-state index contributed by atoms with van der Waals surface area (Å²) >= 11 is 0. The third-order valence-electron chi connectivity index (χ3n) is 2.37. The monoisotopic (exact) mass is 230 g/mol. The van der Waals surface area contributed by atoms with Crippen LogP contribution in [0.2, 0.25) is 0 Å². The Morgan fingerprint density at radius 3 is 2.47 bits per heavy atom. The van der Waals surface area contributed by atoms with E-state index in [9.17, 15) is 9.59 Å². The molecule has 86 valence electrons. The maximum Gasteiger partial charge on any atom is 0.357 e. The highest BCUT2D eigenvalue weighted by molar-refractivity contribution is 6.52. The lowest BCUT2D eigenvalue weighted by Crippen LogP contribution is -2.21. The van der Waals surface area contributed by atoms with E-state index in [-0.39, 0.29) is 11.3 Å². The molecular weight excluding hydrogens is 220 g/mol.